The molecule has 2 N–H and O–H groups in total. The summed E-state index contributed by atoms with van der Waals surface area (Å²) in [6.07, 6.45) is 8.59. The van der Waals surface area contributed by atoms with Crippen LogP contribution in [0.3, 0.4) is 0 Å². The molecule has 0 spiro atoms. The highest BCUT2D eigenvalue weighted by molar-refractivity contribution is 5.92. The predicted molar refractivity (Wildman–Crippen MR) is 81.3 cm³/mol. The minimum Gasteiger partial charge on any atom is -0.493 e. The molecule has 2 aromatic heterocycles. The minimum absolute atomic E-state index is 0.0997. The number of amides is 1. The van der Waals surface area contributed by atoms with Gasteiger partial charge >= 0.3 is 0 Å². The molecule has 0 atom stereocenters. The van der Waals surface area contributed by atoms with Gasteiger partial charge in [0.2, 0.25) is 11.8 Å². The highest BCUT2D eigenvalue weighted by atomic mass is 16.5. The van der Waals surface area contributed by atoms with Crippen molar-refractivity contribution >= 4 is 5.91 Å². The Morgan fingerprint density at radius 3 is 2.78 bits per heavy atom. The van der Waals surface area contributed by atoms with E-state index in [4.69, 9.17) is 4.74 Å². The monoisotopic (exact) mass is 317 g/mol. The lowest BCUT2D eigenvalue weighted by molar-refractivity contribution is 0.0598. The van der Waals surface area contributed by atoms with Crippen LogP contribution >= 0.6 is 0 Å². The summed E-state index contributed by atoms with van der Waals surface area (Å²) in [6, 6.07) is 1.36. The third-order valence-corrected chi connectivity index (χ3v) is 4.01. The van der Waals surface area contributed by atoms with E-state index in [1.165, 1.54) is 17.0 Å². The Balaban J connectivity index is 1.70. The summed E-state index contributed by atoms with van der Waals surface area (Å²) in [5.74, 6) is -0.363. The first kappa shape index (κ1) is 15.4. The van der Waals surface area contributed by atoms with E-state index in [0.717, 1.165) is 25.7 Å². The number of nitrogens with one attached hydrogen (secondary N) is 1. The molecule has 8 heteroatoms. The number of ether oxygens (including phenoxy) is 1. The number of rotatable bonds is 4. The molecule has 0 saturated heterocycles. The highest BCUT2D eigenvalue weighted by Gasteiger charge is 2.23. The van der Waals surface area contributed by atoms with Crippen molar-refractivity contribution in [3.63, 3.8) is 0 Å². The van der Waals surface area contributed by atoms with Crippen LogP contribution in [0, 0.1) is 0 Å². The molecule has 1 saturated carbocycles. The van der Waals surface area contributed by atoms with Crippen LogP contribution in [0.2, 0.25) is 0 Å². The molecule has 0 aromatic carbocycles. The normalized spacial score (nSPS) is 21.1. The van der Waals surface area contributed by atoms with Crippen molar-refractivity contribution in [3.05, 3.63) is 30.5 Å². The molecule has 2 aromatic rings. The van der Waals surface area contributed by atoms with Crippen LogP contribution < -0.4 is 5.32 Å². The summed E-state index contributed by atoms with van der Waals surface area (Å²) in [4.78, 5) is 24.4. The number of imidazole rings is 1. The summed E-state index contributed by atoms with van der Waals surface area (Å²) in [5.41, 5.74) is 0.134. The number of carbonyl (C=O) groups excluding carboxylic acids is 1. The molecular weight excluding hydrogens is 298 g/mol. The van der Waals surface area contributed by atoms with E-state index in [2.05, 4.69) is 20.3 Å². The van der Waals surface area contributed by atoms with E-state index in [1.807, 2.05) is 0 Å². The molecule has 0 bridgehead atoms. The van der Waals surface area contributed by atoms with Crippen molar-refractivity contribution in [2.45, 2.75) is 37.8 Å². The molecule has 8 nitrogen and oxygen atoms in total. The van der Waals surface area contributed by atoms with E-state index in [-0.39, 0.29) is 35.6 Å². The zero-order valence-electron chi connectivity index (χ0n) is 12.8. The maximum atomic E-state index is 12.4. The zero-order chi connectivity index (χ0) is 16.2. The number of carbonyl (C=O) groups is 1. The second kappa shape index (κ2) is 6.74. The van der Waals surface area contributed by atoms with Gasteiger partial charge in [0.05, 0.1) is 6.10 Å². The number of hydrogen-bond acceptors (Lipinski definition) is 6. The molecule has 1 fully saturated rings. The Kier molecular flexibility index (Phi) is 4.52. The van der Waals surface area contributed by atoms with Gasteiger partial charge in [0.1, 0.15) is 12.0 Å². The Labute approximate surface area is 133 Å². The number of hydrogen-bond donors (Lipinski definition) is 2. The molecular formula is C15H19N5O3. The van der Waals surface area contributed by atoms with Gasteiger partial charge in [-0.2, -0.15) is 4.98 Å². The fourth-order valence-corrected chi connectivity index (χ4v) is 2.73. The van der Waals surface area contributed by atoms with Crippen LogP contribution in [0.25, 0.3) is 5.95 Å². The molecule has 122 valence electrons. The van der Waals surface area contributed by atoms with Gasteiger partial charge in [-0.3, -0.25) is 9.36 Å². The lowest BCUT2D eigenvalue weighted by atomic mass is 9.93. The second-order valence-corrected chi connectivity index (χ2v) is 5.56. The van der Waals surface area contributed by atoms with Gasteiger partial charge in [0.25, 0.3) is 5.91 Å². The van der Waals surface area contributed by atoms with E-state index in [9.17, 15) is 9.90 Å². The van der Waals surface area contributed by atoms with Crippen molar-refractivity contribution in [2.75, 3.05) is 7.11 Å². The predicted octanol–water partition coefficient (Wildman–Crippen LogP) is 1.06. The lowest BCUT2D eigenvalue weighted by Gasteiger charge is -2.28. The Hall–Kier alpha value is -2.48. The molecule has 0 unspecified atom stereocenters. The van der Waals surface area contributed by atoms with Crippen molar-refractivity contribution in [2.24, 2.45) is 0 Å². The van der Waals surface area contributed by atoms with Gasteiger partial charge in [-0.1, -0.05) is 0 Å². The van der Waals surface area contributed by atoms with Gasteiger partial charge in [-0.05, 0) is 25.7 Å². The smallest absolute Gasteiger partial charge is 0.270 e. The van der Waals surface area contributed by atoms with E-state index >= 15 is 0 Å². The SMILES string of the molecule is COC1CCC(NC(=O)c2cc(O)nc(-n3ccnc3)n2)CC1. The molecule has 1 aliphatic rings. The largest absolute Gasteiger partial charge is 0.493 e. The standard InChI is InChI=1S/C15H19N5O3/c1-23-11-4-2-10(3-5-11)17-14(22)12-8-13(21)19-15(18-12)20-7-6-16-9-20/h6-11H,2-5H2,1H3,(H,17,22)(H,18,19,21). The molecule has 2 heterocycles. The van der Waals surface area contributed by atoms with Crippen molar-refractivity contribution in [1.82, 2.24) is 24.8 Å². The van der Waals surface area contributed by atoms with E-state index in [1.54, 1.807) is 19.5 Å². The fourth-order valence-electron chi connectivity index (χ4n) is 2.73. The van der Waals surface area contributed by atoms with Crippen molar-refractivity contribution < 1.29 is 14.6 Å². The van der Waals surface area contributed by atoms with Crippen LogP contribution in [-0.4, -0.2) is 49.8 Å². The Morgan fingerprint density at radius 2 is 2.13 bits per heavy atom. The quantitative estimate of drug-likeness (QED) is 0.874. The summed E-state index contributed by atoms with van der Waals surface area (Å²) < 4.78 is 6.85. The minimum atomic E-state index is -0.315. The molecule has 1 aliphatic carbocycles. The molecule has 1 amide bonds. The zero-order valence-corrected chi connectivity index (χ0v) is 12.8. The van der Waals surface area contributed by atoms with Crippen LogP contribution in [0.5, 0.6) is 5.88 Å². The first-order chi connectivity index (χ1) is 11.2. The lowest BCUT2D eigenvalue weighted by Crippen LogP contribution is -2.39. The van der Waals surface area contributed by atoms with Crippen molar-refractivity contribution in [3.8, 4) is 11.8 Å². The topological polar surface area (TPSA) is 102 Å². The third-order valence-electron chi connectivity index (χ3n) is 4.01. The number of methoxy groups -OCH3 is 1. The van der Waals surface area contributed by atoms with Gasteiger partial charge in [0.15, 0.2) is 0 Å². The highest BCUT2D eigenvalue weighted by Crippen LogP contribution is 2.21. The van der Waals surface area contributed by atoms with Gasteiger partial charge in [-0.25, -0.2) is 9.97 Å². The summed E-state index contributed by atoms with van der Waals surface area (Å²) in [6.45, 7) is 0. The van der Waals surface area contributed by atoms with Gasteiger partial charge in [-0.15, -0.1) is 0 Å². The maximum absolute atomic E-state index is 12.4. The van der Waals surface area contributed by atoms with Crippen LogP contribution in [-0.2, 0) is 4.74 Å². The first-order valence-corrected chi connectivity index (χ1v) is 7.55. The first-order valence-electron chi connectivity index (χ1n) is 7.55. The van der Waals surface area contributed by atoms with Crippen LogP contribution in [0.1, 0.15) is 36.2 Å². The fraction of sp³-hybridized carbons (Fsp3) is 0.467. The average Bonchev–Trinajstić information content (AvgIpc) is 3.09. The third kappa shape index (κ3) is 3.65. The maximum Gasteiger partial charge on any atom is 0.270 e. The summed E-state index contributed by atoms with van der Waals surface area (Å²) >= 11 is 0. The Morgan fingerprint density at radius 1 is 1.35 bits per heavy atom. The average molecular weight is 317 g/mol. The van der Waals surface area contributed by atoms with Gasteiger partial charge < -0.3 is 15.2 Å². The van der Waals surface area contributed by atoms with Crippen LogP contribution in [0.4, 0.5) is 0 Å². The molecule has 23 heavy (non-hydrogen) atoms. The molecule has 3 rings (SSSR count). The van der Waals surface area contributed by atoms with Gasteiger partial charge in [0, 0.05) is 31.6 Å². The van der Waals surface area contributed by atoms with E-state index < -0.39 is 0 Å². The molecule has 0 aliphatic heterocycles. The van der Waals surface area contributed by atoms with E-state index in [0.29, 0.717) is 0 Å². The second-order valence-electron chi connectivity index (χ2n) is 5.56. The number of aromatic hydroxyl groups is 1. The van der Waals surface area contributed by atoms with Crippen molar-refractivity contribution in [1.29, 1.82) is 0 Å². The molecule has 0 radical (unpaired) electrons. The summed E-state index contributed by atoms with van der Waals surface area (Å²) in [7, 11) is 1.71. The Bertz CT molecular complexity index is 666. The number of aromatic nitrogens is 4. The summed E-state index contributed by atoms with van der Waals surface area (Å²) in [5, 5.41) is 12.7. The number of nitrogens with zero attached hydrogens (tertiary/aromatic N) is 4. The van der Waals surface area contributed by atoms with Crippen LogP contribution in [0.15, 0.2) is 24.8 Å².